The third kappa shape index (κ3) is 4.79. The number of rotatable bonds is 3. The topological polar surface area (TPSA) is 119 Å². The largest absolute Gasteiger partial charge is 0.444 e. The van der Waals surface area contributed by atoms with Crippen LogP contribution < -0.4 is 5.56 Å². The van der Waals surface area contributed by atoms with Crippen LogP contribution in [0.25, 0.3) is 28.5 Å². The lowest BCUT2D eigenvalue weighted by Crippen LogP contribution is -2.41. The highest BCUT2D eigenvalue weighted by Crippen LogP contribution is 2.31. The van der Waals surface area contributed by atoms with Crippen LogP contribution in [-0.2, 0) is 4.74 Å². The molecule has 35 heavy (non-hydrogen) atoms. The quantitative estimate of drug-likeness (QED) is 0.443. The van der Waals surface area contributed by atoms with E-state index in [4.69, 9.17) is 20.9 Å². The fraction of sp³-hybridized carbons (Fsp3) is 0.375. The Morgan fingerprint density at radius 1 is 1.23 bits per heavy atom. The van der Waals surface area contributed by atoms with Gasteiger partial charge in [-0.1, -0.05) is 28.9 Å². The first-order valence-corrected chi connectivity index (χ1v) is 11.7. The normalized spacial score (nSPS) is 15.0. The Bertz CT molecular complexity index is 1440. The molecule has 0 aliphatic carbocycles. The van der Waals surface area contributed by atoms with Crippen molar-refractivity contribution < 1.29 is 14.1 Å². The number of hydrogen-bond acceptors (Lipinski definition) is 7. The number of nitrogens with zero attached hydrogens (tertiary/aromatic N) is 5. The molecule has 1 N–H and O–H groups in total. The van der Waals surface area contributed by atoms with Crippen LogP contribution in [0.5, 0.6) is 0 Å². The summed E-state index contributed by atoms with van der Waals surface area (Å²) in [5.41, 5.74) is 1.70. The molecule has 3 aromatic heterocycles. The molecule has 1 fully saturated rings. The van der Waals surface area contributed by atoms with Crippen molar-refractivity contribution in [2.45, 2.75) is 45.1 Å². The third-order valence-corrected chi connectivity index (χ3v) is 6.07. The molecule has 0 radical (unpaired) electrons. The standard InChI is InChI=1S/C24H25ClN6O4/c1-24(2,3)34-23(33)30-9-7-14(8-10-30)18-12-19(32)27-21-17(13-26-31(18)21)22-28-20(29-35-22)15-5-4-6-16(25)11-15/h4-6,11-14H,7-10H2,1-3H3,(H,27,32). The van der Waals surface area contributed by atoms with Gasteiger partial charge in [0.2, 0.25) is 5.82 Å². The Morgan fingerprint density at radius 3 is 2.71 bits per heavy atom. The number of nitrogens with one attached hydrogen (secondary N) is 1. The first-order valence-electron chi connectivity index (χ1n) is 11.4. The SMILES string of the molecule is CC(C)(C)OC(=O)N1CCC(c2cc(=O)[nH]c3c(-c4nc(-c5cccc(Cl)c5)no4)cnn23)CC1. The van der Waals surface area contributed by atoms with Crippen LogP contribution in [0, 0.1) is 0 Å². The van der Waals surface area contributed by atoms with Gasteiger partial charge in [-0.3, -0.25) is 4.79 Å². The van der Waals surface area contributed by atoms with Crippen molar-refractivity contribution in [2.24, 2.45) is 0 Å². The van der Waals surface area contributed by atoms with Crippen LogP contribution in [0.1, 0.15) is 45.2 Å². The monoisotopic (exact) mass is 496 g/mol. The molecule has 0 unspecified atom stereocenters. The van der Waals surface area contributed by atoms with Gasteiger partial charge in [0.05, 0.1) is 11.9 Å². The van der Waals surface area contributed by atoms with Crippen LogP contribution in [-0.4, -0.2) is 54.4 Å². The van der Waals surface area contributed by atoms with Gasteiger partial charge < -0.3 is 19.1 Å². The minimum Gasteiger partial charge on any atom is -0.444 e. The molecule has 0 atom stereocenters. The second-order valence-corrected chi connectivity index (χ2v) is 9.99. The molecule has 0 spiro atoms. The molecule has 4 aromatic rings. The Kier molecular flexibility index (Phi) is 5.84. The summed E-state index contributed by atoms with van der Waals surface area (Å²) >= 11 is 6.07. The minimum absolute atomic E-state index is 0.0518. The number of ether oxygens (including phenoxy) is 1. The van der Waals surface area contributed by atoms with Gasteiger partial charge in [-0.2, -0.15) is 10.1 Å². The van der Waals surface area contributed by atoms with E-state index in [1.165, 1.54) is 0 Å². The summed E-state index contributed by atoms with van der Waals surface area (Å²) in [6.45, 7) is 6.62. The smallest absolute Gasteiger partial charge is 0.410 e. The summed E-state index contributed by atoms with van der Waals surface area (Å²) in [7, 11) is 0. The van der Waals surface area contributed by atoms with E-state index in [-0.39, 0.29) is 23.5 Å². The van der Waals surface area contributed by atoms with E-state index in [1.54, 1.807) is 39.9 Å². The van der Waals surface area contributed by atoms with E-state index >= 15 is 0 Å². The second-order valence-electron chi connectivity index (χ2n) is 9.55. The highest BCUT2D eigenvalue weighted by atomic mass is 35.5. The van der Waals surface area contributed by atoms with Crippen molar-refractivity contribution in [3.8, 4) is 22.8 Å². The fourth-order valence-corrected chi connectivity index (χ4v) is 4.41. The number of likely N-dealkylation sites (tertiary alicyclic amines) is 1. The van der Waals surface area contributed by atoms with Crippen molar-refractivity contribution in [1.82, 2.24) is 29.6 Å². The van der Waals surface area contributed by atoms with Crippen LogP contribution in [0.4, 0.5) is 4.79 Å². The van der Waals surface area contributed by atoms with E-state index in [2.05, 4.69) is 20.2 Å². The van der Waals surface area contributed by atoms with E-state index in [0.29, 0.717) is 48.0 Å². The zero-order valence-electron chi connectivity index (χ0n) is 19.6. The van der Waals surface area contributed by atoms with Gasteiger partial charge >= 0.3 is 6.09 Å². The Balaban J connectivity index is 1.41. The molecule has 5 rings (SSSR count). The van der Waals surface area contributed by atoms with E-state index in [9.17, 15) is 9.59 Å². The number of amides is 1. The molecule has 1 aliphatic rings. The van der Waals surface area contributed by atoms with Gasteiger partial charge in [0.25, 0.3) is 11.4 Å². The lowest BCUT2D eigenvalue weighted by Gasteiger charge is -2.33. The number of H-pyrrole nitrogens is 1. The van der Waals surface area contributed by atoms with E-state index < -0.39 is 5.60 Å². The molecular formula is C24H25ClN6O4. The third-order valence-electron chi connectivity index (χ3n) is 5.84. The number of fused-ring (bicyclic) bond motifs is 1. The van der Waals surface area contributed by atoms with Gasteiger partial charge in [-0.15, -0.1) is 0 Å². The van der Waals surface area contributed by atoms with Crippen molar-refractivity contribution in [3.05, 3.63) is 57.6 Å². The maximum absolute atomic E-state index is 12.6. The first kappa shape index (κ1) is 23.1. The maximum atomic E-state index is 12.6. The number of aromatic nitrogens is 5. The van der Waals surface area contributed by atoms with Gasteiger partial charge in [0.1, 0.15) is 16.8 Å². The number of carbonyl (C=O) groups is 1. The Labute approximate surface area is 205 Å². The van der Waals surface area contributed by atoms with E-state index in [1.807, 2.05) is 26.8 Å². The van der Waals surface area contributed by atoms with Crippen molar-refractivity contribution in [2.75, 3.05) is 13.1 Å². The number of halogens is 1. The molecule has 4 heterocycles. The molecule has 1 aliphatic heterocycles. The van der Waals surface area contributed by atoms with Gasteiger partial charge in [0, 0.05) is 35.7 Å². The van der Waals surface area contributed by atoms with Crippen LogP contribution in [0.3, 0.4) is 0 Å². The molecule has 0 saturated carbocycles. The zero-order chi connectivity index (χ0) is 24.7. The molecule has 10 nitrogen and oxygen atoms in total. The highest BCUT2D eigenvalue weighted by molar-refractivity contribution is 6.30. The van der Waals surface area contributed by atoms with Crippen molar-refractivity contribution in [3.63, 3.8) is 0 Å². The highest BCUT2D eigenvalue weighted by Gasteiger charge is 2.29. The summed E-state index contributed by atoms with van der Waals surface area (Å²) in [4.78, 5) is 34.0. The zero-order valence-corrected chi connectivity index (χ0v) is 20.4. The predicted octanol–water partition coefficient (Wildman–Crippen LogP) is 4.51. The van der Waals surface area contributed by atoms with Crippen molar-refractivity contribution in [1.29, 1.82) is 0 Å². The minimum atomic E-state index is -0.542. The van der Waals surface area contributed by atoms with Gasteiger partial charge in [-0.05, 0) is 45.7 Å². The number of benzene rings is 1. The molecule has 0 bridgehead atoms. The molecule has 11 heteroatoms. The summed E-state index contributed by atoms with van der Waals surface area (Å²) in [5, 5.41) is 9.12. The maximum Gasteiger partial charge on any atom is 0.410 e. The molecule has 1 aromatic carbocycles. The Hall–Kier alpha value is -3.66. The Morgan fingerprint density at radius 2 is 2.00 bits per heavy atom. The van der Waals surface area contributed by atoms with Crippen molar-refractivity contribution >= 4 is 23.3 Å². The van der Waals surface area contributed by atoms with Crippen LogP contribution >= 0.6 is 11.6 Å². The molecule has 1 amide bonds. The first-order chi connectivity index (χ1) is 16.7. The number of aromatic amines is 1. The van der Waals surface area contributed by atoms with Crippen LogP contribution in [0.15, 0.2) is 45.8 Å². The second kappa shape index (κ2) is 8.84. The fourth-order valence-electron chi connectivity index (χ4n) is 4.22. The lowest BCUT2D eigenvalue weighted by molar-refractivity contribution is 0.0203. The summed E-state index contributed by atoms with van der Waals surface area (Å²) in [6, 6.07) is 8.71. The van der Waals surface area contributed by atoms with Gasteiger partial charge in [-0.25, -0.2) is 9.31 Å². The average molecular weight is 497 g/mol. The number of carbonyl (C=O) groups excluding carboxylic acids is 1. The number of hydrogen-bond donors (Lipinski definition) is 1. The van der Waals surface area contributed by atoms with Crippen LogP contribution in [0.2, 0.25) is 5.02 Å². The average Bonchev–Trinajstić information content (AvgIpc) is 3.45. The summed E-state index contributed by atoms with van der Waals surface area (Å²) in [6.07, 6.45) is 2.65. The van der Waals surface area contributed by atoms with E-state index in [0.717, 1.165) is 11.3 Å². The predicted molar refractivity (Wildman–Crippen MR) is 129 cm³/mol. The number of piperidine rings is 1. The summed E-state index contributed by atoms with van der Waals surface area (Å²) in [5.74, 6) is 0.674. The van der Waals surface area contributed by atoms with Gasteiger partial charge in [0.15, 0.2) is 0 Å². The molecule has 1 saturated heterocycles. The summed E-state index contributed by atoms with van der Waals surface area (Å²) < 4.78 is 12.7. The lowest BCUT2D eigenvalue weighted by atomic mass is 9.93. The molecule has 182 valence electrons. The molecular weight excluding hydrogens is 472 g/mol.